The molecular weight excluding hydrogens is 318 g/mol. The summed E-state index contributed by atoms with van der Waals surface area (Å²) in [6.07, 6.45) is 0.855. The van der Waals surface area contributed by atoms with E-state index >= 15 is 0 Å². The van der Waals surface area contributed by atoms with Crippen LogP contribution in [0.2, 0.25) is 0 Å². The monoisotopic (exact) mass is 343 g/mol. The number of thioether (sulfide) groups is 1. The highest BCUT2D eigenvalue weighted by Crippen LogP contribution is 2.22. The predicted molar refractivity (Wildman–Crippen MR) is 101 cm³/mol. The van der Waals surface area contributed by atoms with E-state index in [-0.39, 0.29) is 17.2 Å². The van der Waals surface area contributed by atoms with Gasteiger partial charge in [-0.1, -0.05) is 49.4 Å². The third kappa shape index (κ3) is 5.31. The summed E-state index contributed by atoms with van der Waals surface area (Å²) in [5.74, 6) is 1.75. The highest BCUT2D eigenvalue weighted by Gasteiger charge is 2.18. The number of methoxy groups -OCH3 is 1. The van der Waals surface area contributed by atoms with E-state index in [1.807, 2.05) is 49.4 Å². The van der Waals surface area contributed by atoms with E-state index in [1.54, 1.807) is 18.9 Å². The smallest absolute Gasteiger partial charge is 0.233 e. The van der Waals surface area contributed by atoms with Crippen molar-refractivity contribution < 1.29 is 9.53 Å². The number of rotatable bonds is 8. The van der Waals surface area contributed by atoms with Crippen molar-refractivity contribution in [3.63, 3.8) is 0 Å². The molecule has 128 valence electrons. The Kier molecular flexibility index (Phi) is 7.19. The first kappa shape index (κ1) is 18.4. The fraction of sp³-hybridized carbons (Fsp3) is 0.350. The molecule has 0 aromatic heterocycles. The lowest BCUT2D eigenvalue weighted by Crippen LogP contribution is -2.34. The van der Waals surface area contributed by atoms with E-state index in [2.05, 4.69) is 24.4 Å². The largest absolute Gasteiger partial charge is 0.497 e. The molecule has 0 unspecified atom stereocenters. The van der Waals surface area contributed by atoms with Crippen LogP contribution < -0.4 is 10.1 Å². The van der Waals surface area contributed by atoms with E-state index in [4.69, 9.17) is 4.74 Å². The Bertz CT molecular complexity index is 628. The number of nitrogens with one attached hydrogen (secondary N) is 1. The molecule has 0 aliphatic rings. The van der Waals surface area contributed by atoms with Crippen molar-refractivity contribution in [1.29, 1.82) is 0 Å². The van der Waals surface area contributed by atoms with Gasteiger partial charge in [-0.05, 0) is 36.6 Å². The Balaban J connectivity index is 1.90. The van der Waals surface area contributed by atoms with Crippen LogP contribution in [0.25, 0.3) is 0 Å². The van der Waals surface area contributed by atoms with Crippen LogP contribution >= 0.6 is 11.8 Å². The summed E-state index contributed by atoms with van der Waals surface area (Å²) in [5, 5.41) is 3.07. The van der Waals surface area contributed by atoms with Gasteiger partial charge in [-0.2, -0.15) is 0 Å². The number of carbonyl (C=O) groups excluding carboxylic acids is 1. The van der Waals surface area contributed by atoms with Gasteiger partial charge in [-0.3, -0.25) is 4.79 Å². The second kappa shape index (κ2) is 9.38. The molecule has 0 saturated heterocycles. The molecule has 24 heavy (non-hydrogen) atoms. The molecule has 4 heteroatoms. The van der Waals surface area contributed by atoms with Gasteiger partial charge in [-0.25, -0.2) is 0 Å². The Morgan fingerprint density at radius 1 is 1.12 bits per heavy atom. The van der Waals surface area contributed by atoms with Gasteiger partial charge in [-0.15, -0.1) is 11.8 Å². The first-order chi connectivity index (χ1) is 11.6. The van der Waals surface area contributed by atoms with Crippen molar-refractivity contribution in [2.24, 2.45) is 0 Å². The van der Waals surface area contributed by atoms with Crippen LogP contribution in [0.4, 0.5) is 0 Å². The first-order valence-electron chi connectivity index (χ1n) is 8.24. The minimum Gasteiger partial charge on any atom is -0.497 e. The topological polar surface area (TPSA) is 38.3 Å². The average Bonchev–Trinajstić information content (AvgIpc) is 2.64. The van der Waals surface area contributed by atoms with Crippen LogP contribution in [0, 0.1) is 0 Å². The van der Waals surface area contributed by atoms with Crippen molar-refractivity contribution in [3.8, 4) is 5.75 Å². The minimum absolute atomic E-state index is 0.0307. The maximum atomic E-state index is 12.5. The third-order valence-corrected chi connectivity index (χ3v) is 5.17. The number of hydrogen-bond donors (Lipinski definition) is 1. The Morgan fingerprint density at radius 2 is 1.79 bits per heavy atom. The normalized spacial score (nSPS) is 13.1. The minimum atomic E-state index is -0.0856. The van der Waals surface area contributed by atoms with Gasteiger partial charge in [0.25, 0.3) is 0 Å². The van der Waals surface area contributed by atoms with Gasteiger partial charge in [0.1, 0.15) is 5.75 Å². The third-order valence-electron chi connectivity index (χ3n) is 3.95. The number of hydrogen-bond acceptors (Lipinski definition) is 3. The molecule has 0 radical (unpaired) electrons. The first-order valence-corrected chi connectivity index (χ1v) is 9.28. The summed E-state index contributed by atoms with van der Waals surface area (Å²) in [6, 6.07) is 18.1. The van der Waals surface area contributed by atoms with Gasteiger partial charge >= 0.3 is 0 Å². The summed E-state index contributed by atoms with van der Waals surface area (Å²) in [5.41, 5.74) is 2.34. The number of amides is 1. The van der Waals surface area contributed by atoms with Crippen LogP contribution in [0.5, 0.6) is 5.75 Å². The van der Waals surface area contributed by atoms with Crippen LogP contribution in [0.1, 0.15) is 37.4 Å². The molecule has 1 N–H and O–H groups in total. The Hall–Kier alpha value is -1.94. The van der Waals surface area contributed by atoms with Gasteiger partial charge in [0.05, 0.1) is 18.4 Å². The van der Waals surface area contributed by atoms with E-state index < -0.39 is 0 Å². The Labute approximate surface area is 148 Å². The quantitative estimate of drug-likeness (QED) is 0.762. The zero-order chi connectivity index (χ0) is 17.4. The number of ether oxygens (including phenoxy) is 1. The lowest BCUT2D eigenvalue weighted by Gasteiger charge is -2.20. The maximum Gasteiger partial charge on any atom is 0.233 e. The fourth-order valence-corrected chi connectivity index (χ4v) is 3.27. The second-order valence-corrected chi connectivity index (χ2v) is 7.01. The second-order valence-electron chi connectivity index (χ2n) is 5.68. The van der Waals surface area contributed by atoms with E-state index in [0.717, 1.165) is 23.5 Å². The summed E-state index contributed by atoms with van der Waals surface area (Å²) in [6.45, 7) is 4.04. The lowest BCUT2D eigenvalue weighted by molar-refractivity contribution is -0.121. The zero-order valence-electron chi connectivity index (χ0n) is 14.5. The van der Waals surface area contributed by atoms with E-state index in [1.165, 1.54) is 5.56 Å². The molecule has 0 bridgehead atoms. The van der Waals surface area contributed by atoms with E-state index in [0.29, 0.717) is 0 Å². The summed E-state index contributed by atoms with van der Waals surface area (Å²) in [7, 11) is 1.65. The molecule has 2 aromatic rings. The SMILES string of the molecule is CC[C@@H](NC(=O)[C@@H](C)SCc1ccccc1)c1ccc(OC)cc1. The van der Waals surface area contributed by atoms with Crippen molar-refractivity contribution in [2.75, 3.05) is 7.11 Å². The summed E-state index contributed by atoms with van der Waals surface area (Å²) in [4.78, 5) is 12.5. The van der Waals surface area contributed by atoms with Crippen LogP contribution in [-0.4, -0.2) is 18.3 Å². The van der Waals surface area contributed by atoms with Crippen molar-refractivity contribution in [1.82, 2.24) is 5.32 Å². The van der Waals surface area contributed by atoms with Crippen LogP contribution in [0.3, 0.4) is 0 Å². The molecule has 0 heterocycles. The fourth-order valence-electron chi connectivity index (χ4n) is 2.42. The highest BCUT2D eigenvalue weighted by atomic mass is 32.2. The van der Waals surface area contributed by atoms with Crippen LogP contribution in [-0.2, 0) is 10.5 Å². The maximum absolute atomic E-state index is 12.5. The molecule has 0 spiro atoms. The van der Waals surface area contributed by atoms with Gasteiger partial charge < -0.3 is 10.1 Å². The molecule has 2 atom stereocenters. The molecule has 2 aromatic carbocycles. The molecule has 1 amide bonds. The van der Waals surface area contributed by atoms with Crippen LogP contribution in [0.15, 0.2) is 54.6 Å². The molecular formula is C20H25NO2S. The highest BCUT2D eigenvalue weighted by molar-refractivity contribution is 7.99. The van der Waals surface area contributed by atoms with Gasteiger partial charge in [0.15, 0.2) is 0 Å². The molecule has 0 aliphatic heterocycles. The predicted octanol–water partition coefficient (Wildman–Crippen LogP) is 4.58. The molecule has 0 fully saturated rings. The van der Waals surface area contributed by atoms with Gasteiger partial charge in [0, 0.05) is 5.75 Å². The standard InChI is InChI=1S/C20H25NO2S/c1-4-19(17-10-12-18(23-3)13-11-17)21-20(22)15(2)24-14-16-8-6-5-7-9-16/h5-13,15,19H,4,14H2,1-3H3,(H,21,22)/t15-,19-/m1/s1. The molecule has 0 saturated carbocycles. The average molecular weight is 343 g/mol. The molecule has 0 aliphatic carbocycles. The number of carbonyl (C=O) groups is 1. The molecule has 2 rings (SSSR count). The lowest BCUT2D eigenvalue weighted by atomic mass is 10.0. The Morgan fingerprint density at radius 3 is 2.38 bits per heavy atom. The molecule has 3 nitrogen and oxygen atoms in total. The summed E-state index contributed by atoms with van der Waals surface area (Å²) >= 11 is 1.66. The van der Waals surface area contributed by atoms with Crippen molar-refractivity contribution >= 4 is 17.7 Å². The van der Waals surface area contributed by atoms with E-state index in [9.17, 15) is 4.79 Å². The van der Waals surface area contributed by atoms with Gasteiger partial charge in [0.2, 0.25) is 5.91 Å². The number of benzene rings is 2. The summed E-state index contributed by atoms with van der Waals surface area (Å²) < 4.78 is 5.19. The zero-order valence-corrected chi connectivity index (χ0v) is 15.3. The van der Waals surface area contributed by atoms with Crippen molar-refractivity contribution in [2.45, 2.75) is 37.3 Å². The van der Waals surface area contributed by atoms with Crippen molar-refractivity contribution in [3.05, 3.63) is 65.7 Å².